The molecule has 1 spiro atoms. The normalized spacial score (nSPS) is 27.8. The molecule has 172 valence electrons. The highest BCUT2D eigenvalue weighted by atomic mass is 28.4. The molecule has 0 N–H and O–H groups in total. The molecule has 1 aliphatic heterocycles. The van der Waals surface area contributed by atoms with Crippen molar-refractivity contribution in [3.63, 3.8) is 0 Å². The van der Waals surface area contributed by atoms with E-state index in [1.54, 1.807) is 48.5 Å². The van der Waals surface area contributed by atoms with Crippen LogP contribution in [-0.4, -0.2) is 45.6 Å². The molecule has 1 fully saturated rings. The highest BCUT2D eigenvalue weighted by Gasteiger charge is 2.82. The van der Waals surface area contributed by atoms with Crippen LogP contribution in [0.15, 0.2) is 48.5 Å². The third kappa shape index (κ3) is 2.90. The summed E-state index contributed by atoms with van der Waals surface area (Å²) in [6.07, 6.45) is 0. The van der Waals surface area contributed by atoms with Crippen LogP contribution >= 0.6 is 0 Å². The number of ketones is 3. The molecule has 0 saturated carbocycles. The summed E-state index contributed by atoms with van der Waals surface area (Å²) >= 11 is 0. The van der Waals surface area contributed by atoms with Gasteiger partial charge in [0.25, 0.3) is 11.6 Å². The third-order valence-electron chi connectivity index (χ3n) is 5.75. The molecule has 1 heterocycles. The van der Waals surface area contributed by atoms with Gasteiger partial charge in [0.1, 0.15) is 0 Å². The first-order chi connectivity index (χ1) is 15.3. The van der Waals surface area contributed by atoms with Crippen LogP contribution in [-0.2, 0) is 24.1 Å². The van der Waals surface area contributed by atoms with E-state index >= 15 is 0 Å². The second-order valence-corrected chi connectivity index (χ2v) is 19.4. The molecule has 0 amide bonds. The fraction of sp³-hybridized carbons (Fsp3) is 0.375. The first kappa shape index (κ1) is 22.5. The van der Waals surface area contributed by atoms with Crippen molar-refractivity contribution in [2.24, 2.45) is 0 Å². The van der Waals surface area contributed by atoms with Crippen molar-refractivity contribution in [1.82, 2.24) is 0 Å². The molecule has 2 aromatic carbocycles. The van der Waals surface area contributed by atoms with Crippen LogP contribution in [0.3, 0.4) is 0 Å². The zero-order valence-corrected chi connectivity index (χ0v) is 21.5. The van der Waals surface area contributed by atoms with E-state index in [2.05, 4.69) is 0 Å². The number of hydrogen-bond donors (Lipinski definition) is 0. The van der Waals surface area contributed by atoms with E-state index < -0.39 is 51.3 Å². The van der Waals surface area contributed by atoms with E-state index in [1.165, 1.54) is 0 Å². The summed E-state index contributed by atoms with van der Waals surface area (Å²) < 4.78 is 25.8. The third-order valence-corrected chi connectivity index (χ3v) is 7.55. The standard InChI is InChI=1S/C24H26O7Si2/c1-32(2,3)30-23-18-14-10-9-13-17(18)21(27)24(23,31-33(4,5)6)29-22(28-23)19(25)15-11-7-8-12-16(15)20(22)26/h7-14H,1-6H3/t23-,24+/m0/s1. The predicted octanol–water partition coefficient (Wildman–Crippen LogP) is 4.26. The summed E-state index contributed by atoms with van der Waals surface area (Å²) in [5, 5.41) is 0. The minimum atomic E-state index is -2.53. The molecule has 9 heteroatoms. The number of rotatable bonds is 4. The van der Waals surface area contributed by atoms with E-state index in [1.807, 2.05) is 39.3 Å². The molecule has 2 aliphatic carbocycles. The van der Waals surface area contributed by atoms with E-state index in [-0.39, 0.29) is 11.1 Å². The Morgan fingerprint density at radius 2 is 1.03 bits per heavy atom. The van der Waals surface area contributed by atoms with Crippen molar-refractivity contribution >= 4 is 34.0 Å². The lowest BCUT2D eigenvalue weighted by molar-refractivity contribution is -0.248. The lowest BCUT2D eigenvalue weighted by atomic mass is 10.1. The van der Waals surface area contributed by atoms with Crippen LogP contribution in [0, 0.1) is 0 Å². The molecule has 0 bridgehead atoms. The van der Waals surface area contributed by atoms with Gasteiger partial charge in [-0.05, 0) is 39.3 Å². The van der Waals surface area contributed by atoms with Gasteiger partial charge in [-0.1, -0.05) is 48.5 Å². The van der Waals surface area contributed by atoms with Crippen molar-refractivity contribution in [3.05, 3.63) is 70.8 Å². The first-order valence-electron chi connectivity index (χ1n) is 10.9. The highest BCUT2D eigenvalue weighted by Crippen LogP contribution is 2.62. The van der Waals surface area contributed by atoms with Crippen molar-refractivity contribution in [2.45, 2.75) is 56.6 Å². The zero-order chi connectivity index (χ0) is 24.0. The van der Waals surface area contributed by atoms with Crippen LogP contribution < -0.4 is 0 Å². The maximum absolute atomic E-state index is 14.0. The van der Waals surface area contributed by atoms with Crippen LogP contribution in [0.4, 0.5) is 0 Å². The highest BCUT2D eigenvalue weighted by molar-refractivity contribution is 6.70. The van der Waals surface area contributed by atoms with E-state index in [4.69, 9.17) is 18.3 Å². The summed E-state index contributed by atoms with van der Waals surface area (Å²) in [6.45, 7) is 11.5. The predicted molar refractivity (Wildman–Crippen MR) is 124 cm³/mol. The number of hydrogen-bond acceptors (Lipinski definition) is 7. The van der Waals surface area contributed by atoms with E-state index in [0.717, 1.165) is 0 Å². The van der Waals surface area contributed by atoms with Crippen LogP contribution in [0.25, 0.3) is 0 Å². The average molecular weight is 483 g/mol. The number of benzene rings is 2. The Bertz CT molecular complexity index is 1190. The number of Topliss-reactive ketones (excluding diaryl/α,β-unsaturated/α-hetero) is 3. The smallest absolute Gasteiger partial charge is 0.305 e. The molecule has 0 aromatic heterocycles. The number of carbonyl (C=O) groups is 3. The molecule has 7 nitrogen and oxygen atoms in total. The maximum Gasteiger partial charge on any atom is 0.305 e. The van der Waals surface area contributed by atoms with Crippen molar-refractivity contribution in [1.29, 1.82) is 0 Å². The first-order valence-corrected chi connectivity index (χ1v) is 17.7. The summed E-state index contributed by atoms with van der Waals surface area (Å²) in [5.41, 5.74) is 1.12. The topological polar surface area (TPSA) is 88.1 Å². The van der Waals surface area contributed by atoms with Crippen LogP contribution in [0.1, 0.15) is 36.6 Å². The lowest BCUT2D eigenvalue weighted by Gasteiger charge is -2.42. The average Bonchev–Trinajstić information content (AvgIpc) is 3.18. The minimum absolute atomic E-state index is 0.189. The molecular formula is C24H26O7Si2. The van der Waals surface area contributed by atoms with Crippen molar-refractivity contribution < 1.29 is 32.7 Å². The molecule has 2 atom stereocenters. The van der Waals surface area contributed by atoms with E-state index in [9.17, 15) is 14.4 Å². The minimum Gasteiger partial charge on any atom is -0.383 e. The van der Waals surface area contributed by atoms with Gasteiger partial charge in [-0.15, -0.1) is 0 Å². The van der Waals surface area contributed by atoms with Crippen molar-refractivity contribution in [3.8, 4) is 0 Å². The summed E-state index contributed by atoms with van der Waals surface area (Å²) in [4.78, 5) is 41.3. The molecule has 33 heavy (non-hydrogen) atoms. The molecule has 0 radical (unpaired) electrons. The van der Waals surface area contributed by atoms with Gasteiger partial charge in [0.05, 0.1) is 0 Å². The van der Waals surface area contributed by atoms with E-state index in [0.29, 0.717) is 11.1 Å². The Morgan fingerprint density at radius 3 is 1.55 bits per heavy atom. The van der Waals surface area contributed by atoms with Crippen LogP contribution in [0.5, 0.6) is 0 Å². The van der Waals surface area contributed by atoms with Gasteiger partial charge in [-0.25, -0.2) is 0 Å². The second-order valence-electron chi connectivity index (χ2n) is 10.6. The van der Waals surface area contributed by atoms with Gasteiger partial charge in [0.15, 0.2) is 16.6 Å². The fourth-order valence-corrected chi connectivity index (χ4v) is 7.07. The molecule has 2 aromatic rings. The summed E-state index contributed by atoms with van der Waals surface area (Å²) in [7, 11) is -5.00. The van der Waals surface area contributed by atoms with Gasteiger partial charge in [-0.2, -0.15) is 0 Å². The SMILES string of the molecule is C[Si](C)(C)O[C@@]12OC3(O[C@]1(O[Si](C)(C)C)c1ccccc1C2=O)C(=O)c1ccccc1C3=O. The quantitative estimate of drug-likeness (QED) is 0.475. The molecule has 5 rings (SSSR count). The molecule has 1 saturated heterocycles. The number of ether oxygens (including phenoxy) is 2. The van der Waals surface area contributed by atoms with Gasteiger partial charge in [-0.3, -0.25) is 23.9 Å². The summed E-state index contributed by atoms with van der Waals surface area (Å²) in [5.74, 6) is -8.17. The van der Waals surface area contributed by atoms with Crippen molar-refractivity contribution in [2.75, 3.05) is 0 Å². The number of fused-ring (bicyclic) bond motifs is 4. The molecule has 0 unspecified atom stereocenters. The van der Waals surface area contributed by atoms with Crippen LogP contribution in [0.2, 0.25) is 39.3 Å². The number of carbonyl (C=O) groups excluding carboxylic acids is 3. The van der Waals surface area contributed by atoms with Gasteiger partial charge in [0, 0.05) is 22.3 Å². The Hall–Kier alpha value is -2.28. The fourth-order valence-electron chi connectivity index (χ4n) is 4.80. The molecular weight excluding hydrogens is 456 g/mol. The largest absolute Gasteiger partial charge is 0.383 e. The monoisotopic (exact) mass is 482 g/mol. The molecule has 3 aliphatic rings. The van der Waals surface area contributed by atoms with Gasteiger partial charge < -0.3 is 8.85 Å². The van der Waals surface area contributed by atoms with Gasteiger partial charge >= 0.3 is 5.79 Å². The Morgan fingerprint density at radius 1 is 0.606 bits per heavy atom. The maximum atomic E-state index is 14.0. The Labute approximate surface area is 194 Å². The Kier molecular flexibility index (Phi) is 4.54. The van der Waals surface area contributed by atoms with Gasteiger partial charge in [0.2, 0.25) is 17.3 Å². The lowest BCUT2D eigenvalue weighted by Crippen LogP contribution is -2.60. The zero-order valence-electron chi connectivity index (χ0n) is 19.5. The second kappa shape index (κ2) is 6.65. The Balaban J connectivity index is 1.81. The summed E-state index contributed by atoms with van der Waals surface area (Å²) in [6, 6.07) is 13.3.